The number of hydrogen-bond donors (Lipinski definition) is 1. The average molecular weight is 609 g/mol. The molecule has 1 aliphatic heterocycles. The number of non-ortho nitro benzene ring substituents is 1. The molecule has 0 bridgehead atoms. The van der Waals surface area contributed by atoms with E-state index in [9.17, 15) is 32.9 Å². The molecule has 0 saturated carbocycles. The summed E-state index contributed by atoms with van der Waals surface area (Å²) >= 11 is 0. The van der Waals surface area contributed by atoms with E-state index in [1.54, 1.807) is 13.0 Å². The molecule has 3 aromatic carbocycles. The molecule has 13 heteroatoms. The number of benzene rings is 3. The van der Waals surface area contributed by atoms with Crippen LogP contribution in [0, 0.1) is 34.5 Å². The molecular weight excluding hydrogens is 577 g/mol. The first-order chi connectivity index (χ1) is 21.0. The maximum absolute atomic E-state index is 14.7. The zero-order valence-electron chi connectivity index (χ0n) is 24.0. The molecule has 1 aliphatic rings. The number of rotatable bonds is 9. The van der Waals surface area contributed by atoms with Gasteiger partial charge in [0.05, 0.1) is 18.0 Å². The van der Waals surface area contributed by atoms with Gasteiger partial charge < -0.3 is 10.6 Å². The second kappa shape index (κ2) is 12.9. The molecule has 2 heterocycles. The van der Waals surface area contributed by atoms with Gasteiger partial charge >= 0.3 is 5.69 Å². The van der Waals surface area contributed by atoms with Crippen LogP contribution in [0.3, 0.4) is 0 Å². The lowest BCUT2D eigenvalue weighted by atomic mass is 10.1. The molecule has 2 N–H and O–H groups in total. The fourth-order valence-corrected chi connectivity index (χ4v) is 5.51. The molecule has 44 heavy (non-hydrogen) atoms. The maximum atomic E-state index is 14.7. The van der Waals surface area contributed by atoms with Crippen molar-refractivity contribution in [1.82, 2.24) is 14.0 Å². The molecule has 230 valence electrons. The van der Waals surface area contributed by atoms with E-state index in [2.05, 4.69) is 4.90 Å². The highest BCUT2D eigenvalue weighted by atomic mass is 19.1. The Kier molecular flexibility index (Phi) is 8.97. The summed E-state index contributed by atoms with van der Waals surface area (Å²) in [5.41, 5.74) is 6.39. The van der Waals surface area contributed by atoms with Crippen molar-refractivity contribution in [1.29, 1.82) is 0 Å². The summed E-state index contributed by atoms with van der Waals surface area (Å²) in [6.45, 7) is 3.14. The lowest BCUT2D eigenvalue weighted by molar-refractivity contribution is -0.384. The fraction of sp³-hybridized carbons (Fsp3) is 0.290. The highest BCUT2D eigenvalue weighted by Crippen LogP contribution is 2.22. The summed E-state index contributed by atoms with van der Waals surface area (Å²) in [6, 6.07) is 14.4. The van der Waals surface area contributed by atoms with Crippen LogP contribution in [0.5, 0.6) is 0 Å². The Morgan fingerprint density at radius 1 is 0.886 bits per heavy atom. The predicted molar refractivity (Wildman–Crippen MR) is 159 cm³/mol. The van der Waals surface area contributed by atoms with Crippen molar-refractivity contribution in [2.45, 2.75) is 32.6 Å². The predicted octanol–water partition coefficient (Wildman–Crippen LogP) is 3.71. The van der Waals surface area contributed by atoms with E-state index >= 15 is 0 Å². The third-order valence-electron chi connectivity index (χ3n) is 7.93. The summed E-state index contributed by atoms with van der Waals surface area (Å²) in [5.74, 6) is -2.11. The minimum atomic E-state index is -0.845. The number of nitrogens with two attached hydrogens (primary N) is 1. The van der Waals surface area contributed by atoms with Crippen LogP contribution in [-0.4, -0.2) is 45.1 Å². The van der Waals surface area contributed by atoms with Crippen LogP contribution in [0.15, 0.2) is 76.3 Å². The monoisotopic (exact) mass is 608 g/mol. The van der Waals surface area contributed by atoms with E-state index in [1.165, 1.54) is 47.0 Å². The van der Waals surface area contributed by atoms with Gasteiger partial charge in [0, 0.05) is 62.2 Å². The largest absolute Gasteiger partial charge is 0.363 e. The van der Waals surface area contributed by atoms with E-state index in [4.69, 9.17) is 5.73 Å². The van der Waals surface area contributed by atoms with Gasteiger partial charge in [0.15, 0.2) is 0 Å². The first-order valence-electron chi connectivity index (χ1n) is 14.0. The highest BCUT2D eigenvalue weighted by Gasteiger charge is 2.27. The zero-order chi connectivity index (χ0) is 31.5. The number of anilines is 1. The van der Waals surface area contributed by atoms with Gasteiger partial charge in [0.2, 0.25) is 0 Å². The first kappa shape index (κ1) is 30.7. The lowest BCUT2D eigenvalue weighted by Crippen LogP contribution is -2.51. The maximum Gasteiger partial charge on any atom is 0.331 e. The number of piperazine rings is 1. The van der Waals surface area contributed by atoms with Gasteiger partial charge in [-0.25, -0.2) is 18.0 Å². The Bertz CT molecular complexity index is 1780. The third kappa shape index (κ3) is 6.43. The minimum absolute atomic E-state index is 0.00435. The van der Waals surface area contributed by atoms with Crippen LogP contribution in [0.2, 0.25) is 0 Å². The van der Waals surface area contributed by atoms with Crippen molar-refractivity contribution in [3.05, 3.63) is 138 Å². The molecule has 4 aromatic rings. The molecule has 1 atom stereocenters. The van der Waals surface area contributed by atoms with Crippen LogP contribution in [-0.2, 0) is 19.6 Å². The first-order valence-corrected chi connectivity index (χ1v) is 14.0. The Morgan fingerprint density at radius 3 is 2.16 bits per heavy atom. The van der Waals surface area contributed by atoms with Crippen molar-refractivity contribution in [2.24, 2.45) is 5.73 Å². The molecule has 0 spiro atoms. The summed E-state index contributed by atoms with van der Waals surface area (Å²) < 4.78 is 44.9. The fourth-order valence-electron chi connectivity index (χ4n) is 5.51. The van der Waals surface area contributed by atoms with E-state index in [0.717, 1.165) is 22.3 Å². The van der Waals surface area contributed by atoms with E-state index < -0.39 is 46.2 Å². The molecule has 0 radical (unpaired) electrons. The van der Waals surface area contributed by atoms with Crippen LogP contribution in [0.25, 0.3) is 0 Å². The summed E-state index contributed by atoms with van der Waals surface area (Å²) in [4.78, 5) is 42.3. The minimum Gasteiger partial charge on any atom is -0.363 e. The van der Waals surface area contributed by atoms with Crippen molar-refractivity contribution in [3.8, 4) is 0 Å². The van der Waals surface area contributed by atoms with E-state index in [-0.39, 0.29) is 29.2 Å². The van der Waals surface area contributed by atoms with Crippen LogP contribution >= 0.6 is 0 Å². The summed E-state index contributed by atoms with van der Waals surface area (Å²) in [6.07, 6.45) is 0. The zero-order valence-corrected chi connectivity index (χ0v) is 24.0. The Labute approximate surface area is 250 Å². The quantitative estimate of drug-likeness (QED) is 0.227. The lowest BCUT2D eigenvalue weighted by Gasteiger charge is -2.37. The smallest absolute Gasteiger partial charge is 0.331 e. The van der Waals surface area contributed by atoms with Crippen LogP contribution in [0.4, 0.5) is 24.5 Å². The van der Waals surface area contributed by atoms with Crippen LogP contribution in [0.1, 0.15) is 28.4 Å². The number of halogens is 3. The second-order valence-corrected chi connectivity index (χ2v) is 10.8. The van der Waals surface area contributed by atoms with Gasteiger partial charge in [-0.3, -0.25) is 28.9 Å². The van der Waals surface area contributed by atoms with Crippen molar-refractivity contribution in [3.63, 3.8) is 0 Å². The highest BCUT2D eigenvalue weighted by molar-refractivity contribution is 5.50. The van der Waals surface area contributed by atoms with Gasteiger partial charge in [-0.05, 0) is 42.3 Å². The standard InChI is InChI=1S/C31H31F3N6O4/c1-20-29(37-14-12-36(13-15-37)17-21-4-2-5-24(16-21)40(43)44)30(41)39(19-28(35)22-8-10-23(32)11-9-22)31(42)38(20)18-25-26(33)6-3-7-27(25)34/h2-11,16,28H,12-15,17-19,35H2,1H3/t28-/m0/s1. The molecular formula is C31H31F3N6O4. The van der Waals surface area contributed by atoms with Gasteiger partial charge in [-0.1, -0.05) is 30.3 Å². The second-order valence-electron chi connectivity index (χ2n) is 10.8. The summed E-state index contributed by atoms with van der Waals surface area (Å²) in [7, 11) is 0. The number of aromatic nitrogens is 2. The SMILES string of the molecule is Cc1c(N2CCN(Cc3cccc([N+](=O)[O-])c3)CC2)c(=O)n(C[C@H](N)c2ccc(F)cc2)c(=O)n1Cc1c(F)cccc1F. The van der Waals surface area contributed by atoms with Gasteiger partial charge in [0.25, 0.3) is 11.2 Å². The van der Waals surface area contributed by atoms with Crippen LogP contribution < -0.4 is 21.9 Å². The third-order valence-corrected chi connectivity index (χ3v) is 7.93. The van der Waals surface area contributed by atoms with Crippen molar-refractivity contribution >= 4 is 11.4 Å². The number of nitro groups is 1. The van der Waals surface area contributed by atoms with Crippen molar-refractivity contribution in [2.75, 3.05) is 31.1 Å². The molecule has 5 rings (SSSR count). The molecule has 0 aliphatic carbocycles. The van der Waals surface area contributed by atoms with Gasteiger partial charge in [0.1, 0.15) is 23.1 Å². The molecule has 1 fully saturated rings. The number of nitrogens with zero attached hydrogens (tertiary/aromatic N) is 5. The van der Waals surface area contributed by atoms with Crippen molar-refractivity contribution < 1.29 is 18.1 Å². The molecule has 10 nitrogen and oxygen atoms in total. The number of hydrogen-bond acceptors (Lipinski definition) is 7. The molecule has 0 unspecified atom stereocenters. The topological polar surface area (TPSA) is 120 Å². The molecule has 1 saturated heterocycles. The summed E-state index contributed by atoms with van der Waals surface area (Å²) in [5, 5.41) is 11.2. The molecule has 0 amide bonds. The Hall–Kier alpha value is -4.75. The normalized spacial score (nSPS) is 14.5. The number of nitro benzene ring substituents is 1. The average Bonchev–Trinajstić information content (AvgIpc) is 3.00. The Morgan fingerprint density at radius 2 is 1.52 bits per heavy atom. The molecule has 1 aromatic heterocycles. The van der Waals surface area contributed by atoms with E-state index in [1.807, 2.05) is 11.0 Å². The Balaban J connectivity index is 1.48. The van der Waals surface area contributed by atoms with Gasteiger partial charge in [-0.15, -0.1) is 0 Å². The van der Waals surface area contributed by atoms with Gasteiger partial charge in [-0.2, -0.15) is 0 Å². The van der Waals surface area contributed by atoms with E-state index in [0.29, 0.717) is 38.3 Å².